The van der Waals surface area contributed by atoms with E-state index >= 15 is 0 Å². The van der Waals surface area contributed by atoms with Gasteiger partial charge in [0, 0.05) is 30.2 Å². The zero-order chi connectivity index (χ0) is 26.8. The summed E-state index contributed by atoms with van der Waals surface area (Å²) in [4.78, 5) is 27.3. The molecule has 1 N–H and O–H groups in total. The lowest BCUT2D eigenvalue weighted by molar-refractivity contribution is 0.0695. The van der Waals surface area contributed by atoms with E-state index in [0.717, 1.165) is 40.6 Å². The summed E-state index contributed by atoms with van der Waals surface area (Å²) in [6.07, 6.45) is 1.16. The molecule has 0 aliphatic carbocycles. The van der Waals surface area contributed by atoms with Crippen molar-refractivity contribution in [2.45, 2.75) is 19.6 Å². The van der Waals surface area contributed by atoms with Gasteiger partial charge in [0.1, 0.15) is 17.2 Å². The number of hydrogen-bond acceptors (Lipinski definition) is 4. The third kappa shape index (κ3) is 5.14. The van der Waals surface area contributed by atoms with Gasteiger partial charge in [-0.05, 0) is 70.4 Å². The molecule has 0 spiro atoms. The third-order valence-electron chi connectivity index (χ3n) is 6.49. The number of fused-ring (bicyclic) bond motifs is 1. The van der Waals surface area contributed by atoms with E-state index in [9.17, 15) is 23.5 Å². The van der Waals surface area contributed by atoms with Gasteiger partial charge in [0.2, 0.25) is 5.43 Å². The molecule has 192 valence electrons. The number of carboxylic acid groups (broad SMARTS) is 1. The van der Waals surface area contributed by atoms with Gasteiger partial charge in [-0.15, -0.1) is 0 Å². The first kappa shape index (κ1) is 25.5. The zero-order valence-corrected chi connectivity index (χ0v) is 21.3. The molecule has 0 unspecified atom stereocenters. The summed E-state index contributed by atoms with van der Waals surface area (Å²) in [5, 5.41) is 13.9. The molecule has 0 aliphatic rings. The molecule has 0 saturated heterocycles. The van der Waals surface area contributed by atoms with E-state index in [1.54, 1.807) is 6.07 Å². The Hall–Kier alpha value is -4.14. The van der Waals surface area contributed by atoms with Crippen LogP contribution in [0, 0.1) is 11.6 Å². The van der Waals surface area contributed by atoms with Crippen molar-refractivity contribution in [2.24, 2.45) is 0 Å². The lowest BCUT2D eigenvalue weighted by atomic mass is 9.97. The molecular weight excluding hydrogens is 506 g/mol. The number of nitrogens with zero attached hydrogens (tertiary/aromatic N) is 2. The first-order valence-corrected chi connectivity index (χ1v) is 12.9. The van der Waals surface area contributed by atoms with Gasteiger partial charge in [-0.1, -0.05) is 36.4 Å². The maximum Gasteiger partial charge on any atom is 0.341 e. The summed E-state index contributed by atoms with van der Waals surface area (Å²) in [5.74, 6) is -2.89. The molecule has 0 amide bonds. The summed E-state index contributed by atoms with van der Waals surface area (Å²) in [6.45, 7) is 0.897. The molecule has 0 saturated carbocycles. The summed E-state index contributed by atoms with van der Waals surface area (Å²) >= 11 is 1.53. The van der Waals surface area contributed by atoms with Crippen molar-refractivity contribution in [3.05, 3.63) is 128 Å². The van der Waals surface area contributed by atoms with Crippen LogP contribution in [-0.2, 0) is 19.6 Å². The topological polar surface area (TPSA) is 62.5 Å². The van der Waals surface area contributed by atoms with Gasteiger partial charge in [-0.3, -0.25) is 9.69 Å². The van der Waals surface area contributed by atoms with Crippen LogP contribution in [0.1, 0.15) is 27.0 Å². The third-order valence-corrected chi connectivity index (χ3v) is 7.18. The number of aromatic nitrogens is 1. The monoisotopic (exact) mass is 530 g/mol. The maximum absolute atomic E-state index is 14.5. The molecule has 0 atom stereocenters. The van der Waals surface area contributed by atoms with Crippen LogP contribution in [-0.4, -0.2) is 27.6 Å². The van der Waals surface area contributed by atoms with Crippen molar-refractivity contribution < 1.29 is 18.7 Å². The van der Waals surface area contributed by atoms with Crippen LogP contribution >= 0.6 is 11.3 Å². The highest BCUT2D eigenvalue weighted by Gasteiger charge is 2.20. The van der Waals surface area contributed by atoms with Crippen molar-refractivity contribution in [3.8, 4) is 11.1 Å². The van der Waals surface area contributed by atoms with Crippen molar-refractivity contribution in [1.82, 2.24) is 9.47 Å². The Morgan fingerprint density at radius 3 is 2.39 bits per heavy atom. The van der Waals surface area contributed by atoms with Gasteiger partial charge in [0.15, 0.2) is 0 Å². The number of aromatic carboxylic acids is 1. The minimum atomic E-state index is -1.40. The predicted molar refractivity (Wildman–Crippen MR) is 146 cm³/mol. The fraction of sp³-hybridized carbons (Fsp3) is 0.133. The van der Waals surface area contributed by atoms with Crippen LogP contribution in [0.5, 0.6) is 0 Å². The first-order valence-electron chi connectivity index (χ1n) is 11.9. The van der Waals surface area contributed by atoms with Gasteiger partial charge < -0.3 is 9.67 Å². The maximum atomic E-state index is 14.5. The number of pyridine rings is 1. The Bertz CT molecular complexity index is 1660. The van der Waals surface area contributed by atoms with Gasteiger partial charge in [0.25, 0.3) is 0 Å². The minimum absolute atomic E-state index is 0.184. The lowest BCUT2D eigenvalue weighted by Gasteiger charge is -2.21. The van der Waals surface area contributed by atoms with Crippen molar-refractivity contribution in [1.29, 1.82) is 0 Å². The summed E-state index contributed by atoms with van der Waals surface area (Å²) in [5.41, 5.74) is 2.88. The molecule has 2 heterocycles. The van der Waals surface area contributed by atoms with Gasteiger partial charge >= 0.3 is 5.97 Å². The van der Waals surface area contributed by atoms with Crippen LogP contribution in [0.15, 0.2) is 88.5 Å². The van der Waals surface area contributed by atoms with E-state index < -0.39 is 28.6 Å². The average Bonchev–Trinajstić information content (AvgIpc) is 3.42. The molecule has 5 nitrogen and oxygen atoms in total. The number of carbonyl (C=O) groups is 1. The number of benzene rings is 3. The van der Waals surface area contributed by atoms with Crippen molar-refractivity contribution >= 4 is 28.2 Å². The molecular formula is C30H24F2N2O3S. The number of halogens is 2. The minimum Gasteiger partial charge on any atom is -0.477 e. The summed E-state index contributed by atoms with van der Waals surface area (Å²) in [6, 6.07) is 19.1. The molecule has 3 aromatic carbocycles. The lowest BCUT2D eigenvalue weighted by Crippen LogP contribution is -2.21. The molecule has 2 aromatic heterocycles. The fourth-order valence-electron chi connectivity index (χ4n) is 4.68. The summed E-state index contributed by atoms with van der Waals surface area (Å²) in [7, 11) is 1.97. The second-order valence-electron chi connectivity index (χ2n) is 9.20. The van der Waals surface area contributed by atoms with E-state index in [0.29, 0.717) is 18.6 Å². The largest absolute Gasteiger partial charge is 0.477 e. The average molecular weight is 531 g/mol. The highest BCUT2D eigenvalue weighted by atomic mass is 32.1. The number of carboxylic acids is 1. The highest BCUT2D eigenvalue weighted by Crippen LogP contribution is 2.31. The molecule has 38 heavy (non-hydrogen) atoms. The van der Waals surface area contributed by atoms with E-state index in [-0.39, 0.29) is 17.5 Å². The first-order chi connectivity index (χ1) is 18.3. The quantitative estimate of drug-likeness (QED) is 0.253. The van der Waals surface area contributed by atoms with E-state index in [2.05, 4.69) is 4.90 Å². The highest BCUT2D eigenvalue weighted by molar-refractivity contribution is 7.08. The smallest absolute Gasteiger partial charge is 0.341 e. The molecule has 0 bridgehead atoms. The standard InChI is InChI=1S/C30H24F2N2O3S/c1-33(14-19-6-3-2-4-7-19)15-21-12-23-28(13-22(21)20-10-11-38-18-20)34(17-25(29(23)35)30(36)37)16-24-26(31)8-5-9-27(24)32/h2-13,17-18H,14-16H2,1H3,(H,36,37). The van der Waals surface area contributed by atoms with Gasteiger partial charge in [-0.2, -0.15) is 11.3 Å². The van der Waals surface area contributed by atoms with Crippen LogP contribution in [0.3, 0.4) is 0 Å². The van der Waals surface area contributed by atoms with Crippen LogP contribution in [0.2, 0.25) is 0 Å². The Morgan fingerprint density at radius 1 is 1.00 bits per heavy atom. The molecule has 8 heteroatoms. The second kappa shape index (κ2) is 10.7. The van der Waals surface area contributed by atoms with Gasteiger partial charge in [-0.25, -0.2) is 13.6 Å². The van der Waals surface area contributed by atoms with E-state index in [1.807, 2.05) is 60.3 Å². The number of rotatable bonds is 8. The van der Waals surface area contributed by atoms with Crippen molar-refractivity contribution in [3.63, 3.8) is 0 Å². The molecule has 0 fully saturated rings. The predicted octanol–water partition coefficient (Wildman–Crippen LogP) is 6.39. The SMILES string of the molecule is CN(Cc1ccccc1)Cc1cc2c(=O)c(C(=O)O)cn(Cc3c(F)cccc3F)c2cc1-c1ccsc1. The van der Waals surface area contributed by atoms with E-state index in [4.69, 9.17) is 0 Å². The molecule has 5 rings (SSSR count). The molecule has 5 aromatic rings. The molecule has 0 radical (unpaired) electrons. The molecule has 0 aliphatic heterocycles. The Kier molecular flexibility index (Phi) is 7.18. The fourth-order valence-corrected chi connectivity index (χ4v) is 5.33. The van der Waals surface area contributed by atoms with Crippen LogP contribution in [0.4, 0.5) is 8.78 Å². The van der Waals surface area contributed by atoms with Crippen molar-refractivity contribution in [2.75, 3.05) is 7.05 Å². The van der Waals surface area contributed by atoms with Gasteiger partial charge in [0.05, 0.1) is 12.1 Å². The Balaban J connectivity index is 1.68. The second-order valence-corrected chi connectivity index (χ2v) is 9.98. The van der Waals surface area contributed by atoms with Crippen LogP contribution in [0.25, 0.3) is 22.0 Å². The number of hydrogen-bond donors (Lipinski definition) is 1. The Morgan fingerprint density at radius 2 is 1.74 bits per heavy atom. The Labute approximate surface area is 221 Å². The number of thiophene rings is 1. The normalized spacial score (nSPS) is 11.4. The zero-order valence-electron chi connectivity index (χ0n) is 20.5. The van der Waals surface area contributed by atoms with E-state index in [1.165, 1.54) is 22.0 Å². The summed E-state index contributed by atoms with van der Waals surface area (Å²) < 4.78 is 30.5. The van der Waals surface area contributed by atoms with Crippen LogP contribution < -0.4 is 5.43 Å².